The molecule has 0 aliphatic rings. The van der Waals surface area contributed by atoms with Crippen LogP contribution in [0.25, 0.3) is 11.1 Å². The van der Waals surface area contributed by atoms with Gasteiger partial charge in [0.2, 0.25) is 0 Å². The number of benzene rings is 4. The van der Waals surface area contributed by atoms with Crippen molar-refractivity contribution in [3.8, 4) is 22.6 Å². The maximum Gasteiger partial charge on any atom is 0.259 e. The lowest BCUT2D eigenvalue weighted by Crippen LogP contribution is -2.16. The van der Waals surface area contributed by atoms with Crippen molar-refractivity contribution in [1.29, 1.82) is 0 Å². The number of hydrogen-bond donors (Lipinski definition) is 2. The fourth-order valence-electron chi connectivity index (χ4n) is 4.42. The molecule has 8 heteroatoms. The Morgan fingerprint density at radius 1 is 0.595 bits per heavy atom. The van der Waals surface area contributed by atoms with Gasteiger partial charge in [0.05, 0.1) is 23.3 Å². The van der Waals surface area contributed by atoms with Crippen molar-refractivity contribution < 1.29 is 19.1 Å². The highest BCUT2D eigenvalue weighted by atomic mass is 79.9. The molecule has 42 heavy (non-hydrogen) atoms. The van der Waals surface area contributed by atoms with Crippen LogP contribution in [0.3, 0.4) is 0 Å². The smallest absolute Gasteiger partial charge is 0.259 e. The molecule has 0 aliphatic heterocycles. The first kappa shape index (κ1) is 31.3. The SMILES string of the molecule is Cc1cc(-c2ccc(NC(=O)c3cc(Br)ccc3OC(C)C)c(C)c2)ccc1NC(=O)c1cc(Br)ccc1OC(C)C. The van der Waals surface area contributed by atoms with Crippen LogP contribution in [0.4, 0.5) is 11.4 Å². The minimum absolute atomic E-state index is 0.0567. The predicted molar refractivity (Wildman–Crippen MR) is 177 cm³/mol. The van der Waals surface area contributed by atoms with Crippen LogP contribution in [-0.2, 0) is 0 Å². The number of aryl methyl sites for hydroxylation is 2. The number of rotatable bonds is 9. The molecule has 218 valence electrons. The minimum atomic E-state index is -0.244. The summed E-state index contributed by atoms with van der Waals surface area (Å²) in [5, 5.41) is 6.05. The molecular formula is C34H34Br2N2O4. The van der Waals surface area contributed by atoms with Crippen molar-refractivity contribution in [2.75, 3.05) is 10.6 Å². The standard InChI is InChI=1S/C34H34Br2N2O4/c1-19(2)41-31-13-9-25(35)17-27(31)33(39)37-29-11-7-23(15-21(29)5)24-8-12-30(22(6)16-24)38-34(40)28-18-26(36)10-14-32(28)42-20(3)4/h7-20H,1-6H3,(H,37,39)(H,38,40). The topological polar surface area (TPSA) is 76.7 Å². The first-order valence-electron chi connectivity index (χ1n) is 13.7. The molecule has 0 atom stereocenters. The number of hydrogen-bond acceptors (Lipinski definition) is 4. The van der Waals surface area contributed by atoms with Crippen LogP contribution in [0.2, 0.25) is 0 Å². The van der Waals surface area contributed by atoms with E-state index < -0.39 is 0 Å². The van der Waals surface area contributed by atoms with Gasteiger partial charge in [0, 0.05) is 20.3 Å². The molecule has 0 heterocycles. The van der Waals surface area contributed by atoms with E-state index in [1.807, 2.05) is 90.1 Å². The van der Waals surface area contributed by atoms with Crippen molar-refractivity contribution in [1.82, 2.24) is 0 Å². The maximum atomic E-state index is 13.2. The van der Waals surface area contributed by atoms with Crippen LogP contribution in [0, 0.1) is 13.8 Å². The van der Waals surface area contributed by atoms with E-state index in [-0.39, 0.29) is 24.0 Å². The number of anilines is 2. The summed E-state index contributed by atoms with van der Waals surface area (Å²) in [6.45, 7) is 11.6. The van der Waals surface area contributed by atoms with E-state index in [0.717, 1.165) is 31.2 Å². The zero-order chi connectivity index (χ0) is 30.6. The summed E-state index contributed by atoms with van der Waals surface area (Å²) >= 11 is 6.90. The van der Waals surface area contributed by atoms with Gasteiger partial charge in [-0.1, -0.05) is 44.0 Å². The third-order valence-corrected chi connectivity index (χ3v) is 7.37. The molecule has 0 aromatic heterocycles. The van der Waals surface area contributed by atoms with Crippen molar-refractivity contribution in [2.24, 2.45) is 0 Å². The van der Waals surface area contributed by atoms with Gasteiger partial charge in [0.15, 0.2) is 0 Å². The van der Waals surface area contributed by atoms with E-state index >= 15 is 0 Å². The van der Waals surface area contributed by atoms with Crippen molar-refractivity contribution in [2.45, 2.75) is 53.8 Å². The zero-order valence-electron chi connectivity index (χ0n) is 24.5. The van der Waals surface area contributed by atoms with Crippen molar-refractivity contribution in [3.63, 3.8) is 0 Å². The highest BCUT2D eigenvalue weighted by Gasteiger charge is 2.18. The third kappa shape index (κ3) is 7.81. The third-order valence-electron chi connectivity index (χ3n) is 6.38. The van der Waals surface area contributed by atoms with E-state index in [9.17, 15) is 9.59 Å². The van der Waals surface area contributed by atoms with Crippen LogP contribution in [0.1, 0.15) is 59.5 Å². The Morgan fingerprint density at radius 2 is 0.976 bits per heavy atom. The average molecular weight is 694 g/mol. The van der Waals surface area contributed by atoms with Crippen LogP contribution in [0.15, 0.2) is 81.7 Å². The second-order valence-corrected chi connectivity index (χ2v) is 12.4. The van der Waals surface area contributed by atoms with Gasteiger partial charge in [-0.3, -0.25) is 9.59 Å². The van der Waals surface area contributed by atoms with Crippen LogP contribution in [-0.4, -0.2) is 24.0 Å². The monoisotopic (exact) mass is 692 g/mol. The zero-order valence-corrected chi connectivity index (χ0v) is 27.6. The summed E-state index contributed by atoms with van der Waals surface area (Å²) in [6, 6.07) is 22.6. The van der Waals surface area contributed by atoms with E-state index in [1.165, 1.54) is 0 Å². The van der Waals surface area contributed by atoms with E-state index in [1.54, 1.807) is 24.3 Å². The second-order valence-electron chi connectivity index (χ2n) is 10.6. The summed E-state index contributed by atoms with van der Waals surface area (Å²) in [7, 11) is 0. The Morgan fingerprint density at radius 3 is 1.31 bits per heavy atom. The van der Waals surface area contributed by atoms with Crippen molar-refractivity contribution >= 4 is 55.0 Å². The fraction of sp³-hybridized carbons (Fsp3) is 0.235. The van der Waals surface area contributed by atoms with E-state index in [0.29, 0.717) is 34.0 Å². The number of carbonyl (C=O) groups is 2. The molecule has 0 radical (unpaired) electrons. The first-order valence-corrected chi connectivity index (χ1v) is 15.3. The van der Waals surface area contributed by atoms with Gasteiger partial charge >= 0.3 is 0 Å². The molecule has 4 aromatic carbocycles. The predicted octanol–water partition coefficient (Wildman–Crippen LogP) is 9.57. The Kier molecular flexibility index (Phi) is 10.1. The summed E-state index contributed by atoms with van der Waals surface area (Å²) < 4.78 is 13.3. The Balaban J connectivity index is 1.52. The summed E-state index contributed by atoms with van der Waals surface area (Å²) in [6.07, 6.45) is -0.113. The molecule has 4 aromatic rings. The molecule has 0 bridgehead atoms. The number of halogens is 2. The molecule has 0 saturated heterocycles. The molecule has 2 amide bonds. The van der Waals surface area contributed by atoms with E-state index in [2.05, 4.69) is 42.5 Å². The Hall–Kier alpha value is -3.62. The highest BCUT2D eigenvalue weighted by molar-refractivity contribution is 9.10. The lowest BCUT2D eigenvalue weighted by atomic mass is 9.99. The normalized spacial score (nSPS) is 11.0. The van der Waals surface area contributed by atoms with Gasteiger partial charge < -0.3 is 20.1 Å². The largest absolute Gasteiger partial charge is 0.490 e. The van der Waals surface area contributed by atoms with Gasteiger partial charge in [-0.05, 0) is 124 Å². The molecular weight excluding hydrogens is 660 g/mol. The molecule has 6 nitrogen and oxygen atoms in total. The first-order chi connectivity index (χ1) is 19.9. The number of nitrogens with one attached hydrogen (secondary N) is 2. The Labute approximate surface area is 264 Å². The molecule has 2 N–H and O–H groups in total. The highest BCUT2D eigenvalue weighted by Crippen LogP contribution is 2.31. The van der Waals surface area contributed by atoms with Gasteiger partial charge in [0.1, 0.15) is 11.5 Å². The van der Waals surface area contributed by atoms with Crippen LogP contribution >= 0.6 is 31.9 Å². The number of amides is 2. The van der Waals surface area contributed by atoms with E-state index in [4.69, 9.17) is 9.47 Å². The summed E-state index contributed by atoms with van der Waals surface area (Å²) in [4.78, 5) is 26.4. The molecule has 0 unspecified atom stereocenters. The second kappa shape index (κ2) is 13.6. The quantitative estimate of drug-likeness (QED) is 0.183. The van der Waals surface area contributed by atoms with Gasteiger partial charge in [-0.2, -0.15) is 0 Å². The summed E-state index contributed by atoms with van der Waals surface area (Å²) in [5.41, 5.74) is 6.19. The van der Waals surface area contributed by atoms with Gasteiger partial charge in [-0.25, -0.2) is 0 Å². The minimum Gasteiger partial charge on any atom is -0.490 e. The van der Waals surface area contributed by atoms with Crippen LogP contribution < -0.4 is 20.1 Å². The van der Waals surface area contributed by atoms with Crippen LogP contribution in [0.5, 0.6) is 11.5 Å². The van der Waals surface area contributed by atoms with Gasteiger partial charge in [0.25, 0.3) is 11.8 Å². The molecule has 0 spiro atoms. The maximum absolute atomic E-state index is 13.2. The summed E-state index contributed by atoms with van der Waals surface area (Å²) in [5.74, 6) is 0.578. The average Bonchev–Trinajstić information content (AvgIpc) is 2.92. The number of ether oxygens (including phenoxy) is 2. The molecule has 0 fully saturated rings. The van der Waals surface area contributed by atoms with Gasteiger partial charge in [-0.15, -0.1) is 0 Å². The Bertz CT molecular complexity index is 1510. The fourth-order valence-corrected chi connectivity index (χ4v) is 5.14. The lowest BCUT2D eigenvalue weighted by Gasteiger charge is -2.16. The molecule has 4 rings (SSSR count). The van der Waals surface area contributed by atoms with Crippen molar-refractivity contribution in [3.05, 3.63) is 104 Å². The lowest BCUT2D eigenvalue weighted by molar-refractivity contribution is 0.101. The molecule has 0 aliphatic carbocycles. The molecule has 0 saturated carbocycles. The number of carbonyl (C=O) groups excluding carboxylic acids is 2.